The molecule has 0 aliphatic rings. The Labute approximate surface area is 55.4 Å². The van der Waals surface area contributed by atoms with Crippen molar-refractivity contribution in [2.45, 2.75) is 0 Å². The Morgan fingerprint density at radius 2 is 1.57 bits per heavy atom. The van der Waals surface area contributed by atoms with Crippen molar-refractivity contribution in [1.29, 1.82) is 0 Å². The third kappa shape index (κ3) is 6.54. The smallest absolute Gasteiger partial charge is 0.832 e. The molecular weight excluding hydrogens is 89.8 g/mol. The molecule has 0 atom stereocenters. The molecule has 0 saturated heterocycles. The van der Waals surface area contributed by atoms with E-state index in [1.54, 1.807) is 0 Å². The Bertz CT molecular complexity index is 32.1. The molecule has 0 saturated carbocycles. The normalized spacial score (nSPS) is 7.29. The Kier molecular flexibility index (Phi) is 9.82. The van der Waals surface area contributed by atoms with Crippen molar-refractivity contribution in [3.8, 4) is 0 Å². The van der Waals surface area contributed by atoms with Gasteiger partial charge in [-0.05, 0) is 0 Å². The van der Waals surface area contributed by atoms with Gasteiger partial charge in [0, 0.05) is 14.2 Å². The first kappa shape index (κ1) is 10.5. The van der Waals surface area contributed by atoms with E-state index in [0.717, 1.165) is 0 Å². The van der Waals surface area contributed by atoms with Crippen molar-refractivity contribution >= 4 is 7.32 Å². The van der Waals surface area contributed by atoms with Gasteiger partial charge in [-0.25, -0.2) is 0 Å². The molecule has 0 bridgehead atoms. The van der Waals surface area contributed by atoms with Crippen molar-refractivity contribution < 1.29 is 33.2 Å². The molecule has 3 nitrogen and oxygen atoms in total. The molecule has 0 spiro atoms. The van der Waals surface area contributed by atoms with Crippen LogP contribution in [0.15, 0.2) is 0 Å². The molecule has 0 rings (SSSR count). The van der Waals surface area contributed by atoms with E-state index in [1.807, 2.05) is 0 Å². The van der Waals surface area contributed by atoms with Crippen LogP contribution < -0.4 is 23.9 Å². The molecule has 0 aromatic rings. The Balaban J connectivity index is 0. The topological polar surface area (TPSA) is 41.5 Å². The maximum Gasteiger partial charge on any atom is 1.00 e. The summed E-state index contributed by atoms with van der Waals surface area (Å²) < 4.78 is 8.24. The molecule has 0 heterocycles. The zero-order valence-corrected chi connectivity index (χ0v) is 4.80. The van der Waals surface area contributed by atoms with Gasteiger partial charge in [-0.3, -0.25) is 0 Å². The van der Waals surface area contributed by atoms with E-state index in [1.165, 1.54) is 14.2 Å². The van der Waals surface area contributed by atoms with Crippen LogP contribution >= 0.6 is 0 Å². The van der Waals surface area contributed by atoms with Gasteiger partial charge in [-0.2, -0.15) is 0 Å². The third-order valence-electron chi connectivity index (χ3n) is 0.385. The van der Waals surface area contributed by atoms with Gasteiger partial charge >= 0.3 is 26.2 Å². The van der Waals surface area contributed by atoms with E-state index < -0.39 is 7.32 Å². The van der Waals surface area contributed by atoms with Crippen molar-refractivity contribution in [3.05, 3.63) is 0 Å². The molecule has 0 fully saturated rings. The molecule has 0 unspecified atom stereocenters. The van der Waals surface area contributed by atoms with Crippen LogP contribution in [0.25, 0.3) is 0 Å². The fourth-order valence-corrected chi connectivity index (χ4v) is 0.0962. The van der Waals surface area contributed by atoms with Crippen LogP contribution in [-0.2, 0) is 9.31 Å². The molecule has 0 N–H and O–H groups in total. The van der Waals surface area contributed by atoms with Gasteiger partial charge in [0.25, 0.3) is 0 Å². The van der Waals surface area contributed by atoms with Crippen molar-refractivity contribution in [2.75, 3.05) is 14.2 Å². The Morgan fingerprint density at radius 1 is 1.29 bits per heavy atom. The quantitative estimate of drug-likeness (QED) is 0.326. The van der Waals surface area contributed by atoms with Gasteiger partial charge in [0.2, 0.25) is 0 Å². The van der Waals surface area contributed by atoms with E-state index in [9.17, 15) is 5.02 Å². The van der Waals surface area contributed by atoms with Crippen molar-refractivity contribution in [1.82, 2.24) is 0 Å². The molecule has 7 heavy (non-hydrogen) atoms. The SMILES string of the molecule is COB([O-])OC.[Li+]. The number of hydrogen-bond acceptors (Lipinski definition) is 3. The maximum absolute atomic E-state index is 9.82. The predicted molar refractivity (Wildman–Crippen MR) is 19.8 cm³/mol. The molecule has 0 aliphatic carbocycles. The van der Waals surface area contributed by atoms with Gasteiger partial charge in [-0.15, -0.1) is 0 Å². The number of hydrogen-bond donors (Lipinski definition) is 0. The van der Waals surface area contributed by atoms with Crippen LogP contribution in [0.3, 0.4) is 0 Å². The fraction of sp³-hybridized carbons (Fsp3) is 1.00. The summed E-state index contributed by atoms with van der Waals surface area (Å²) in [4.78, 5) is 0. The van der Waals surface area contributed by atoms with E-state index in [2.05, 4.69) is 9.31 Å². The van der Waals surface area contributed by atoms with Crippen LogP contribution in [0.4, 0.5) is 0 Å². The first-order valence-electron chi connectivity index (χ1n) is 1.52. The Morgan fingerprint density at radius 3 is 1.57 bits per heavy atom. The minimum Gasteiger partial charge on any atom is -0.832 e. The van der Waals surface area contributed by atoms with Crippen LogP contribution in [-0.4, -0.2) is 21.5 Å². The monoisotopic (exact) mass is 96.1 g/mol. The summed E-state index contributed by atoms with van der Waals surface area (Å²) >= 11 is 0. The summed E-state index contributed by atoms with van der Waals surface area (Å²) in [6, 6.07) is 0. The summed E-state index contributed by atoms with van der Waals surface area (Å²) in [6.07, 6.45) is 0. The van der Waals surface area contributed by atoms with Gasteiger partial charge in [0.15, 0.2) is 0 Å². The standard InChI is InChI=1S/C2H6BO3.Li/c1-5-3(4)6-2;/h1-2H3;/q-1;+1. The molecule has 0 radical (unpaired) electrons. The van der Waals surface area contributed by atoms with Gasteiger partial charge < -0.3 is 14.3 Å². The van der Waals surface area contributed by atoms with Crippen LogP contribution in [0.5, 0.6) is 0 Å². The second-order valence-electron chi connectivity index (χ2n) is 0.760. The minimum atomic E-state index is -1.31. The first-order valence-corrected chi connectivity index (χ1v) is 1.52. The summed E-state index contributed by atoms with van der Waals surface area (Å²) in [5.41, 5.74) is 0. The molecule has 0 amide bonds. The van der Waals surface area contributed by atoms with Gasteiger partial charge in [-0.1, -0.05) is 0 Å². The van der Waals surface area contributed by atoms with Crippen molar-refractivity contribution in [3.63, 3.8) is 0 Å². The molecule has 36 valence electrons. The summed E-state index contributed by atoms with van der Waals surface area (Å²) in [5.74, 6) is 0. The number of rotatable bonds is 2. The van der Waals surface area contributed by atoms with E-state index in [4.69, 9.17) is 0 Å². The van der Waals surface area contributed by atoms with Gasteiger partial charge in [0.05, 0.1) is 0 Å². The fourth-order valence-electron chi connectivity index (χ4n) is 0.0962. The molecule has 0 aromatic carbocycles. The second-order valence-corrected chi connectivity index (χ2v) is 0.760. The third-order valence-corrected chi connectivity index (χ3v) is 0.385. The molecule has 0 aliphatic heterocycles. The summed E-state index contributed by atoms with van der Waals surface area (Å²) in [6.45, 7) is 0. The van der Waals surface area contributed by atoms with E-state index in [0.29, 0.717) is 0 Å². The first-order chi connectivity index (χ1) is 2.81. The van der Waals surface area contributed by atoms with E-state index >= 15 is 0 Å². The van der Waals surface area contributed by atoms with Gasteiger partial charge in [0.1, 0.15) is 0 Å². The zero-order valence-electron chi connectivity index (χ0n) is 4.80. The largest absolute Gasteiger partial charge is 1.00 e. The molecule has 5 heteroatoms. The zero-order chi connectivity index (χ0) is 4.99. The maximum atomic E-state index is 9.82. The average molecular weight is 95.8 g/mol. The van der Waals surface area contributed by atoms with Crippen LogP contribution in [0.1, 0.15) is 0 Å². The minimum absolute atomic E-state index is 0. The summed E-state index contributed by atoms with van der Waals surface area (Å²) in [7, 11) is 1.27. The molecule has 0 aromatic heterocycles. The predicted octanol–water partition coefficient (Wildman–Crippen LogP) is -4.37. The van der Waals surface area contributed by atoms with Crippen molar-refractivity contribution in [2.24, 2.45) is 0 Å². The van der Waals surface area contributed by atoms with Crippen LogP contribution in [0, 0.1) is 0 Å². The summed E-state index contributed by atoms with van der Waals surface area (Å²) in [5, 5.41) is 9.82. The molecular formula is C2H6BLiO3. The average Bonchev–Trinajstić information content (AvgIpc) is 1.65. The van der Waals surface area contributed by atoms with E-state index in [-0.39, 0.29) is 18.9 Å². The van der Waals surface area contributed by atoms with Crippen LogP contribution in [0.2, 0.25) is 0 Å². The second kappa shape index (κ2) is 6.54. The Hall–Kier alpha value is 0.542.